The van der Waals surface area contributed by atoms with Crippen LogP contribution in [-0.2, 0) is 27.9 Å². The molecule has 0 radical (unpaired) electrons. The molecule has 13 heteroatoms. The Balaban J connectivity index is 2.35. The number of ether oxygens (including phenoxy) is 2. The summed E-state index contributed by atoms with van der Waals surface area (Å²) in [5, 5.41) is 50.3. The van der Waals surface area contributed by atoms with Gasteiger partial charge in [-0.25, -0.2) is 4.57 Å². The minimum Gasteiger partial charge on any atom is -0.457 e. The maximum Gasteiger partial charge on any atom is 0.472 e. The lowest BCUT2D eigenvalue weighted by atomic mass is 9.85. The number of hydrogen-bond acceptors (Lipinski definition) is 11. The van der Waals surface area contributed by atoms with Crippen LogP contribution in [0, 0.1) is 0 Å². The molecule has 0 bridgehead atoms. The van der Waals surface area contributed by atoms with Gasteiger partial charge in [-0.1, -0.05) is 179 Å². The second-order valence-electron chi connectivity index (χ2n) is 18.0. The Morgan fingerprint density at radius 1 is 0.500 bits per heavy atom. The van der Waals surface area contributed by atoms with Crippen molar-refractivity contribution in [2.75, 3.05) is 19.8 Å². The highest BCUT2D eigenvalue weighted by molar-refractivity contribution is 7.47. The first-order valence-corrected chi connectivity index (χ1v) is 27.3. The molecule has 0 spiro atoms. The summed E-state index contributed by atoms with van der Waals surface area (Å²) in [5.41, 5.74) is 0. The van der Waals surface area contributed by atoms with Gasteiger partial charge in [0.15, 0.2) is 0 Å². The fraction of sp³-hybridized carbons (Fsp3) is 0.863. The monoisotopic (exact) mass is 931 g/mol. The molecule has 1 aliphatic carbocycles. The lowest BCUT2D eigenvalue weighted by Gasteiger charge is -2.41. The van der Waals surface area contributed by atoms with Crippen LogP contribution in [0.15, 0.2) is 36.5 Å². The van der Waals surface area contributed by atoms with Gasteiger partial charge in [0.1, 0.15) is 42.7 Å². The molecule has 6 atom stereocenters. The zero-order valence-electron chi connectivity index (χ0n) is 40.3. The van der Waals surface area contributed by atoms with Crippen molar-refractivity contribution in [3.05, 3.63) is 36.5 Å². The molecule has 1 rings (SSSR count). The van der Waals surface area contributed by atoms with Gasteiger partial charge < -0.3 is 39.9 Å². The number of carbonyl (C=O) groups is 1. The van der Waals surface area contributed by atoms with Crippen molar-refractivity contribution in [2.24, 2.45) is 0 Å². The molecule has 1 aliphatic rings. The first kappa shape index (κ1) is 60.6. The van der Waals surface area contributed by atoms with Gasteiger partial charge in [-0.05, 0) is 70.6 Å². The van der Waals surface area contributed by atoms with Crippen molar-refractivity contribution in [3.63, 3.8) is 0 Å². The average molecular weight is 931 g/mol. The van der Waals surface area contributed by atoms with Gasteiger partial charge in [0, 0.05) is 13.0 Å². The third kappa shape index (κ3) is 33.1. The molecule has 0 aliphatic heterocycles. The number of aliphatic hydroxyl groups is 5. The summed E-state index contributed by atoms with van der Waals surface area (Å²) in [7, 11) is -5.02. The number of esters is 1. The molecule has 376 valence electrons. The van der Waals surface area contributed by atoms with Crippen LogP contribution in [0.4, 0.5) is 0 Å². The lowest BCUT2D eigenvalue weighted by Crippen LogP contribution is -2.64. The molecule has 0 saturated heterocycles. The first-order valence-electron chi connectivity index (χ1n) is 25.8. The maximum atomic E-state index is 12.8. The number of unbranched alkanes of at least 4 members (excludes halogenated alkanes) is 26. The number of aliphatic hydroxyl groups excluding tert-OH is 5. The largest absolute Gasteiger partial charge is 0.472 e. The SMILES string of the molecule is CCCCCC/C=C\C/C=C\CCCCCCCCCC(=O)OC(COCCCCCCCCCC/C=C\CCCCCCCCC)COP(=O)(O)OC1C(O)C(O)C(O)C(O)C1O. The minimum atomic E-state index is -5.02. The van der Waals surface area contributed by atoms with Crippen LogP contribution >= 0.6 is 7.82 Å². The number of phosphoric acid groups is 1. The van der Waals surface area contributed by atoms with Gasteiger partial charge in [0.2, 0.25) is 0 Å². The Bertz CT molecular complexity index is 1200. The van der Waals surface area contributed by atoms with Crippen molar-refractivity contribution in [2.45, 2.75) is 262 Å². The van der Waals surface area contributed by atoms with E-state index < -0.39 is 63.1 Å². The van der Waals surface area contributed by atoms with Crippen LogP contribution in [0.1, 0.15) is 219 Å². The topological polar surface area (TPSA) is 192 Å². The van der Waals surface area contributed by atoms with Crippen molar-refractivity contribution in [3.8, 4) is 0 Å². The Morgan fingerprint density at radius 2 is 0.875 bits per heavy atom. The zero-order chi connectivity index (χ0) is 46.9. The zero-order valence-corrected chi connectivity index (χ0v) is 41.2. The Kier molecular flexibility index (Phi) is 39.5. The van der Waals surface area contributed by atoms with Crippen molar-refractivity contribution in [1.29, 1.82) is 0 Å². The molecular formula is C51H95O12P. The Morgan fingerprint density at radius 3 is 1.34 bits per heavy atom. The third-order valence-electron chi connectivity index (χ3n) is 12.0. The molecule has 0 aromatic rings. The van der Waals surface area contributed by atoms with Gasteiger partial charge in [0.05, 0.1) is 13.2 Å². The maximum absolute atomic E-state index is 12.8. The highest BCUT2D eigenvalue weighted by Crippen LogP contribution is 2.47. The van der Waals surface area contributed by atoms with Gasteiger partial charge in [-0.15, -0.1) is 0 Å². The van der Waals surface area contributed by atoms with E-state index in [0.717, 1.165) is 57.8 Å². The molecule has 6 unspecified atom stereocenters. The van der Waals surface area contributed by atoms with Crippen LogP contribution in [0.25, 0.3) is 0 Å². The smallest absolute Gasteiger partial charge is 0.457 e. The number of hydrogen-bond donors (Lipinski definition) is 6. The van der Waals surface area contributed by atoms with Crippen LogP contribution in [-0.4, -0.2) is 98.9 Å². The fourth-order valence-corrected chi connectivity index (χ4v) is 8.82. The van der Waals surface area contributed by atoms with Gasteiger partial charge >= 0.3 is 13.8 Å². The van der Waals surface area contributed by atoms with Gasteiger partial charge in [0.25, 0.3) is 0 Å². The van der Waals surface area contributed by atoms with Gasteiger partial charge in [-0.3, -0.25) is 13.8 Å². The second kappa shape index (κ2) is 41.7. The highest BCUT2D eigenvalue weighted by Gasteiger charge is 2.51. The molecule has 0 aromatic carbocycles. The summed E-state index contributed by atoms with van der Waals surface area (Å²) in [6, 6.07) is 0. The summed E-state index contributed by atoms with van der Waals surface area (Å²) in [5.74, 6) is -0.484. The molecule has 6 N–H and O–H groups in total. The van der Waals surface area contributed by atoms with Crippen molar-refractivity contribution in [1.82, 2.24) is 0 Å². The van der Waals surface area contributed by atoms with E-state index in [2.05, 4.69) is 50.3 Å². The van der Waals surface area contributed by atoms with Gasteiger partial charge in [-0.2, -0.15) is 0 Å². The highest BCUT2D eigenvalue weighted by atomic mass is 31.2. The van der Waals surface area contributed by atoms with Crippen LogP contribution in [0.5, 0.6) is 0 Å². The average Bonchev–Trinajstić information content (AvgIpc) is 3.28. The van der Waals surface area contributed by atoms with E-state index in [4.69, 9.17) is 18.5 Å². The Labute approximate surface area is 389 Å². The normalized spacial score (nSPS) is 21.9. The summed E-state index contributed by atoms with van der Waals surface area (Å²) in [6.07, 6.45) is 37.7. The number of phosphoric ester groups is 1. The molecule has 0 heterocycles. The van der Waals surface area contributed by atoms with Crippen LogP contribution in [0.3, 0.4) is 0 Å². The van der Waals surface area contributed by atoms with Crippen LogP contribution < -0.4 is 0 Å². The van der Waals surface area contributed by atoms with E-state index in [-0.39, 0.29) is 13.0 Å². The minimum absolute atomic E-state index is 0.0808. The Hall–Kier alpha value is -1.44. The molecule has 0 amide bonds. The fourth-order valence-electron chi connectivity index (χ4n) is 7.85. The predicted octanol–water partition coefficient (Wildman–Crippen LogP) is 11.4. The van der Waals surface area contributed by atoms with E-state index >= 15 is 0 Å². The van der Waals surface area contributed by atoms with Crippen molar-refractivity contribution < 1.29 is 58.3 Å². The molecule has 1 saturated carbocycles. The molecular weight excluding hydrogens is 836 g/mol. The van der Waals surface area contributed by atoms with E-state index in [9.17, 15) is 39.8 Å². The molecule has 0 aromatic heterocycles. The molecule has 1 fully saturated rings. The molecule has 12 nitrogen and oxygen atoms in total. The van der Waals surface area contributed by atoms with E-state index in [0.29, 0.717) is 13.0 Å². The second-order valence-corrected chi connectivity index (χ2v) is 19.4. The standard InChI is InChI=1S/C51H95O12P/c1-3-5-7-9-11-13-15-17-19-21-23-25-27-29-31-33-35-37-39-41-60-42-44(43-61-64(58,59)63-51-49(56)47(54)46(53)48(55)50(51)57)62-45(52)40-38-36-34-32-30-28-26-24-22-20-18-16-14-12-10-8-6-4-2/h14,16,19-22,44,46-51,53-57H,3-13,15,17-18,23-43H2,1-2H3,(H,58,59)/b16-14-,21-19-,22-20-. The lowest BCUT2D eigenvalue weighted by molar-refractivity contribution is -0.220. The summed E-state index contributed by atoms with van der Waals surface area (Å²) in [4.78, 5) is 23.2. The van der Waals surface area contributed by atoms with E-state index in [1.807, 2.05) is 0 Å². The summed E-state index contributed by atoms with van der Waals surface area (Å²) >= 11 is 0. The number of carbonyl (C=O) groups excluding carboxylic acids is 1. The van der Waals surface area contributed by atoms with E-state index in [1.165, 1.54) is 135 Å². The molecule has 64 heavy (non-hydrogen) atoms. The summed E-state index contributed by atoms with van der Waals surface area (Å²) < 4.78 is 34.3. The number of allylic oxidation sites excluding steroid dienone is 6. The quantitative estimate of drug-likeness (QED) is 0.0147. The predicted molar refractivity (Wildman–Crippen MR) is 258 cm³/mol. The van der Waals surface area contributed by atoms with E-state index in [1.54, 1.807) is 0 Å². The number of rotatable bonds is 44. The summed E-state index contributed by atoms with van der Waals surface area (Å²) in [6.45, 7) is 4.25. The van der Waals surface area contributed by atoms with Crippen LogP contribution in [0.2, 0.25) is 0 Å². The third-order valence-corrected chi connectivity index (χ3v) is 13.0. The van der Waals surface area contributed by atoms with Crippen molar-refractivity contribution >= 4 is 13.8 Å². The first-order chi connectivity index (χ1) is 31.0.